The molecule has 0 aliphatic carbocycles. The quantitative estimate of drug-likeness (QED) is 0.737. The number of ether oxygens (including phenoxy) is 1. The molecule has 0 aliphatic heterocycles. The Morgan fingerprint density at radius 2 is 2.27 bits per heavy atom. The fourth-order valence-electron chi connectivity index (χ4n) is 1.29. The van der Waals surface area contributed by atoms with Crippen molar-refractivity contribution < 1.29 is 9.53 Å². The van der Waals surface area contributed by atoms with Crippen LogP contribution in [0, 0.1) is 0 Å². The van der Waals surface area contributed by atoms with E-state index in [1.54, 1.807) is 6.07 Å². The van der Waals surface area contributed by atoms with Crippen LogP contribution in [-0.2, 0) is 11.2 Å². The molecule has 4 heteroatoms. The summed E-state index contributed by atoms with van der Waals surface area (Å²) >= 11 is 0. The van der Waals surface area contributed by atoms with Crippen LogP contribution in [0.4, 0.5) is 0 Å². The summed E-state index contributed by atoms with van der Waals surface area (Å²) in [6.07, 6.45) is 0.785. The summed E-state index contributed by atoms with van der Waals surface area (Å²) in [5, 5.41) is 0. The Morgan fingerprint density at radius 1 is 1.53 bits per heavy atom. The molecule has 1 rings (SSSR count). The van der Waals surface area contributed by atoms with Gasteiger partial charge < -0.3 is 16.2 Å². The van der Waals surface area contributed by atoms with Crippen LogP contribution >= 0.6 is 0 Å². The van der Waals surface area contributed by atoms with Gasteiger partial charge in [-0.15, -0.1) is 0 Å². The summed E-state index contributed by atoms with van der Waals surface area (Å²) in [6, 6.07) is 7.60. The predicted octanol–water partition coefficient (Wildman–Crippen LogP) is 0.440. The molecule has 0 heterocycles. The maximum absolute atomic E-state index is 10.5. The van der Waals surface area contributed by atoms with Crippen LogP contribution in [0.2, 0.25) is 0 Å². The van der Waals surface area contributed by atoms with Gasteiger partial charge in [0.25, 0.3) is 5.91 Å². The molecule has 0 spiro atoms. The zero-order valence-electron chi connectivity index (χ0n) is 8.77. The molecule has 1 amide bonds. The molecule has 1 atom stereocenters. The molecule has 1 aromatic rings. The Bertz CT molecular complexity index is 337. The second-order valence-electron chi connectivity index (χ2n) is 3.58. The minimum absolute atomic E-state index is 0.0956. The van der Waals surface area contributed by atoms with Crippen molar-refractivity contribution in [2.45, 2.75) is 19.4 Å². The zero-order chi connectivity index (χ0) is 11.3. The molecule has 0 bridgehead atoms. The van der Waals surface area contributed by atoms with Crippen molar-refractivity contribution >= 4 is 5.91 Å². The Labute approximate surface area is 89.2 Å². The van der Waals surface area contributed by atoms with Gasteiger partial charge in [-0.25, -0.2) is 0 Å². The first-order valence-electron chi connectivity index (χ1n) is 4.83. The van der Waals surface area contributed by atoms with Gasteiger partial charge >= 0.3 is 0 Å². The van der Waals surface area contributed by atoms with Crippen LogP contribution in [0.5, 0.6) is 5.75 Å². The van der Waals surface area contributed by atoms with E-state index in [0.29, 0.717) is 5.75 Å². The predicted molar refractivity (Wildman–Crippen MR) is 58.5 cm³/mol. The molecule has 4 N–H and O–H groups in total. The number of benzene rings is 1. The van der Waals surface area contributed by atoms with Crippen molar-refractivity contribution in [2.24, 2.45) is 11.5 Å². The molecule has 1 aromatic carbocycles. The Kier molecular flexibility index (Phi) is 4.12. The number of nitrogens with two attached hydrogens (primary N) is 2. The number of rotatable bonds is 5. The number of carbonyl (C=O) groups is 1. The third-order valence-electron chi connectivity index (χ3n) is 1.84. The molecule has 0 aromatic heterocycles. The summed E-state index contributed by atoms with van der Waals surface area (Å²) in [5.74, 6) is 0.166. The first kappa shape index (κ1) is 11.5. The van der Waals surface area contributed by atoms with Crippen LogP contribution < -0.4 is 16.2 Å². The molecular formula is C11H16N2O2. The average molecular weight is 208 g/mol. The third kappa shape index (κ3) is 4.46. The van der Waals surface area contributed by atoms with Crippen molar-refractivity contribution in [2.75, 3.05) is 6.61 Å². The first-order valence-corrected chi connectivity index (χ1v) is 4.83. The fourth-order valence-corrected chi connectivity index (χ4v) is 1.29. The Balaban J connectivity index is 2.61. The van der Waals surface area contributed by atoms with E-state index in [2.05, 4.69) is 0 Å². The van der Waals surface area contributed by atoms with Crippen molar-refractivity contribution in [3.63, 3.8) is 0 Å². The normalized spacial score (nSPS) is 12.1. The van der Waals surface area contributed by atoms with Gasteiger partial charge in [0.15, 0.2) is 6.61 Å². The topological polar surface area (TPSA) is 78.3 Å². The summed E-state index contributed by atoms with van der Waals surface area (Å²) in [7, 11) is 0. The van der Waals surface area contributed by atoms with E-state index in [1.165, 1.54) is 0 Å². The molecule has 15 heavy (non-hydrogen) atoms. The average Bonchev–Trinajstić information content (AvgIpc) is 2.14. The van der Waals surface area contributed by atoms with Gasteiger partial charge in [-0.05, 0) is 31.0 Å². The highest BCUT2D eigenvalue weighted by Gasteiger charge is 2.01. The van der Waals surface area contributed by atoms with E-state index in [4.69, 9.17) is 16.2 Å². The maximum atomic E-state index is 10.5. The number of amides is 1. The van der Waals surface area contributed by atoms with E-state index in [9.17, 15) is 4.79 Å². The third-order valence-corrected chi connectivity index (χ3v) is 1.84. The molecule has 0 radical (unpaired) electrons. The van der Waals surface area contributed by atoms with Crippen molar-refractivity contribution in [1.82, 2.24) is 0 Å². The van der Waals surface area contributed by atoms with Gasteiger partial charge in [0.1, 0.15) is 5.75 Å². The number of carbonyl (C=O) groups excluding carboxylic acids is 1. The molecule has 4 nitrogen and oxygen atoms in total. The lowest BCUT2D eigenvalue weighted by Crippen LogP contribution is -2.20. The molecule has 0 fully saturated rings. The van der Waals surface area contributed by atoms with Gasteiger partial charge in [0, 0.05) is 6.04 Å². The number of primary amides is 1. The molecule has 0 aliphatic rings. The zero-order valence-corrected chi connectivity index (χ0v) is 8.77. The molecule has 0 saturated carbocycles. The lowest BCUT2D eigenvalue weighted by molar-refractivity contribution is -0.119. The van der Waals surface area contributed by atoms with Crippen LogP contribution in [0.25, 0.3) is 0 Å². The molecular weight excluding hydrogens is 192 g/mol. The Morgan fingerprint density at radius 3 is 2.87 bits per heavy atom. The fraction of sp³-hybridized carbons (Fsp3) is 0.364. The molecule has 82 valence electrons. The highest BCUT2D eigenvalue weighted by molar-refractivity contribution is 5.75. The molecule has 1 unspecified atom stereocenters. The summed E-state index contributed by atoms with van der Waals surface area (Å²) in [6.45, 7) is 1.85. The van der Waals surface area contributed by atoms with Crippen LogP contribution in [0.3, 0.4) is 0 Å². The van der Waals surface area contributed by atoms with Gasteiger partial charge in [-0.2, -0.15) is 0 Å². The van der Waals surface area contributed by atoms with Crippen LogP contribution in [0.1, 0.15) is 12.5 Å². The summed E-state index contributed by atoms with van der Waals surface area (Å²) in [5.41, 5.74) is 11.7. The van der Waals surface area contributed by atoms with E-state index >= 15 is 0 Å². The van der Waals surface area contributed by atoms with Crippen molar-refractivity contribution in [1.29, 1.82) is 0 Å². The lowest BCUT2D eigenvalue weighted by Gasteiger charge is -2.08. The monoisotopic (exact) mass is 208 g/mol. The number of hydrogen-bond acceptors (Lipinski definition) is 3. The highest BCUT2D eigenvalue weighted by atomic mass is 16.5. The van der Waals surface area contributed by atoms with E-state index in [1.807, 2.05) is 25.1 Å². The van der Waals surface area contributed by atoms with Gasteiger partial charge in [0.05, 0.1) is 0 Å². The number of hydrogen-bond donors (Lipinski definition) is 2. The summed E-state index contributed by atoms with van der Waals surface area (Å²) < 4.78 is 5.17. The second kappa shape index (κ2) is 5.36. The minimum Gasteiger partial charge on any atom is -0.484 e. The largest absolute Gasteiger partial charge is 0.484 e. The van der Waals surface area contributed by atoms with E-state index < -0.39 is 5.91 Å². The van der Waals surface area contributed by atoms with E-state index in [-0.39, 0.29) is 12.6 Å². The van der Waals surface area contributed by atoms with Crippen molar-refractivity contribution in [3.05, 3.63) is 29.8 Å². The summed E-state index contributed by atoms with van der Waals surface area (Å²) in [4.78, 5) is 10.5. The smallest absolute Gasteiger partial charge is 0.255 e. The highest BCUT2D eigenvalue weighted by Crippen LogP contribution is 2.14. The maximum Gasteiger partial charge on any atom is 0.255 e. The van der Waals surface area contributed by atoms with Gasteiger partial charge in [0.2, 0.25) is 0 Å². The van der Waals surface area contributed by atoms with E-state index in [0.717, 1.165) is 12.0 Å². The first-order chi connectivity index (χ1) is 7.08. The van der Waals surface area contributed by atoms with Crippen LogP contribution in [0.15, 0.2) is 24.3 Å². The Hall–Kier alpha value is -1.55. The lowest BCUT2D eigenvalue weighted by atomic mass is 10.1. The SMILES string of the molecule is CC(N)Cc1cccc(OCC(N)=O)c1. The molecule has 0 saturated heterocycles. The van der Waals surface area contributed by atoms with Crippen molar-refractivity contribution in [3.8, 4) is 5.75 Å². The standard InChI is InChI=1S/C11H16N2O2/c1-8(12)5-9-3-2-4-10(6-9)15-7-11(13)14/h2-4,6,8H,5,7,12H2,1H3,(H2,13,14). The van der Waals surface area contributed by atoms with Crippen LogP contribution in [-0.4, -0.2) is 18.6 Å². The minimum atomic E-state index is -0.479. The van der Waals surface area contributed by atoms with Gasteiger partial charge in [-0.3, -0.25) is 4.79 Å². The van der Waals surface area contributed by atoms with Gasteiger partial charge in [-0.1, -0.05) is 12.1 Å². The second-order valence-corrected chi connectivity index (χ2v) is 3.58.